The molecule has 1 aromatic rings. The molecule has 1 aromatic carbocycles. The van der Waals surface area contributed by atoms with E-state index in [9.17, 15) is 4.79 Å². The van der Waals surface area contributed by atoms with Gasteiger partial charge in [0, 0.05) is 13.1 Å². The molecule has 1 saturated heterocycles. The van der Waals surface area contributed by atoms with E-state index in [4.69, 9.17) is 0 Å². The Morgan fingerprint density at radius 1 is 1.22 bits per heavy atom. The number of rotatable bonds is 7. The van der Waals surface area contributed by atoms with E-state index in [1.54, 1.807) is 0 Å². The second-order valence-electron chi connectivity index (χ2n) is 6.63. The highest BCUT2D eigenvalue weighted by Crippen LogP contribution is 2.19. The Hall–Kier alpha value is -1.39. The van der Waals surface area contributed by atoms with Crippen LogP contribution in [0.2, 0.25) is 0 Å². The molecule has 1 fully saturated rings. The molecule has 1 aliphatic heterocycles. The van der Waals surface area contributed by atoms with Gasteiger partial charge in [-0.25, -0.2) is 0 Å². The van der Waals surface area contributed by atoms with Crippen molar-refractivity contribution < 1.29 is 4.79 Å². The van der Waals surface area contributed by atoms with E-state index in [2.05, 4.69) is 47.6 Å². The van der Waals surface area contributed by atoms with Crippen molar-refractivity contribution in [3.8, 4) is 0 Å². The molecule has 0 spiro atoms. The van der Waals surface area contributed by atoms with Gasteiger partial charge in [-0.1, -0.05) is 38.1 Å². The molecule has 0 radical (unpaired) electrons. The monoisotopic (exact) mass is 317 g/mol. The fraction of sp³-hybridized carbons (Fsp3) is 0.632. The van der Waals surface area contributed by atoms with Crippen LogP contribution in [-0.2, 0) is 17.9 Å². The van der Waals surface area contributed by atoms with E-state index in [-0.39, 0.29) is 5.91 Å². The zero-order valence-corrected chi connectivity index (χ0v) is 14.8. The van der Waals surface area contributed by atoms with Gasteiger partial charge >= 0.3 is 0 Å². The first kappa shape index (κ1) is 18.0. The van der Waals surface area contributed by atoms with Crippen molar-refractivity contribution >= 4 is 5.91 Å². The topological polar surface area (TPSA) is 44.4 Å². The minimum atomic E-state index is -0.411. The minimum Gasteiger partial charge on any atom is -0.350 e. The average Bonchev–Trinajstić information content (AvgIpc) is 2.59. The highest BCUT2D eigenvalue weighted by molar-refractivity contribution is 5.85. The normalized spacial score (nSPS) is 21.4. The van der Waals surface area contributed by atoms with Crippen molar-refractivity contribution in [2.45, 2.75) is 58.7 Å². The molecule has 1 atom stereocenters. The highest BCUT2D eigenvalue weighted by atomic mass is 16.2. The van der Waals surface area contributed by atoms with Crippen LogP contribution in [-0.4, -0.2) is 36.0 Å². The average molecular weight is 317 g/mol. The number of piperidine rings is 1. The number of amides is 1. The van der Waals surface area contributed by atoms with Gasteiger partial charge < -0.3 is 10.6 Å². The maximum atomic E-state index is 12.6. The lowest BCUT2D eigenvalue weighted by Crippen LogP contribution is -2.56. The Bertz CT molecular complexity index is 505. The SMILES string of the molecule is CCN(CC)Cc1ccccc1CNC(=O)C1(C)CCCCN1. The van der Waals surface area contributed by atoms with Crippen molar-refractivity contribution in [2.24, 2.45) is 0 Å². The van der Waals surface area contributed by atoms with Gasteiger partial charge in [0.15, 0.2) is 0 Å². The molecule has 4 heteroatoms. The summed E-state index contributed by atoms with van der Waals surface area (Å²) in [4.78, 5) is 14.9. The van der Waals surface area contributed by atoms with Gasteiger partial charge in [0.2, 0.25) is 5.91 Å². The first-order valence-corrected chi connectivity index (χ1v) is 8.91. The number of hydrogen-bond donors (Lipinski definition) is 2. The van der Waals surface area contributed by atoms with E-state index < -0.39 is 5.54 Å². The zero-order chi connectivity index (χ0) is 16.7. The molecule has 1 aliphatic rings. The van der Waals surface area contributed by atoms with Crippen LogP contribution < -0.4 is 10.6 Å². The van der Waals surface area contributed by atoms with Gasteiger partial charge in [0.25, 0.3) is 0 Å². The van der Waals surface area contributed by atoms with Crippen molar-refractivity contribution in [1.29, 1.82) is 0 Å². The Labute approximate surface area is 140 Å². The number of carbonyl (C=O) groups is 1. The van der Waals surface area contributed by atoms with E-state index >= 15 is 0 Å². The van der Waals surface area contributed by atoms with Gasteiger partial charge in [-0.3, -0.25) is 9.69 Å². The Balaban J connectivity index is 1.98. The molecule has 2 N–H and O–H groups in total. The quantitative estimate of drug-likeness (QED) is 0.813. The predicted molar refractivity (Wildman–Crippen MR) is 95.2 cm³/mol. The smallest absolute Gasteiger partial charge is 0.240 e. The summed E-state index contributed by atoms with van der Waals surface area (Å²) < 4.78 is 0. The first-order valence-electron chi connectivity index (χ1n) is 8.91. The van der Waals surface area contributed by atoms with Crippen molar-refractivity contribution in [1.82, 2.24) is 15.5 Å². The van der Waals surface area contributed by atoms with Gasteiger partial charge in [0.1, 0.15) is 0 Å². The lowest BCUT2D eigenvalue weighted by molar-refractivity contribution is -0.128. The molecular formula is C19H31N3O. The van der Waals surface area contributed by atoms with Crippen LogP contribution in [0.5, 0.6) is 0 Å². The summed E-state index contributed by atoms with van der Waals surface area (Å²) in [5.74, 6) is 0.120. The summed E-state index contributed by atoms with van der Waals surface area (Å²) in [6.45, 7) is 10.9. The Morgan fingerprint density at radius 3 is 2.52 bits per heavy atom. The predicted octanol–water partition coefficient (Wildman–Crippen LogP) is 2.68. The number of benzene rings is 1. The van der Waals surface area contributed by atoms with Crippen molar-refractivity contribution in [3.05, 3.63) is 35.4 Å². The molecule has 0 saturated carbocycles. The van der Waals surface area contributed by atoms with Crippen molar-refractivity contribution in [3.63, 3.8) is 0 Å². The van der Waals surface area contributed by atoms with Crippen LogP contribution >= 0.6 is 0 Å². The summed E-state index contributed by atoms with van der Waals surface area (Å²) in [5, 5.41) is 6.52. The first-order chi connectivity index (χ1) is 11.1. The lowest BCUT2D eigenvalue weighted by atomic mass is 9.90. The number of hydrogen-bond acceptors (Lipinski definition) is 3. The van der Waals surface area contributed by atoms with Crippen LogP contribution in [0, 0.1) is 0 Å². The summed E-state index contributed by atoms with van der Waals surface area (Å²) in [6.07, 6.45) is 3.20. The van der Waals surface area contributed by atoms with Crippen molar-refractivity contribution in [2.75, 3.05) is 19.6 Å². The fourth-order valence-electron chi connectivity index (χ4n) is 3.19. The second-order valence-corrected chi connectivity index (χ2v) is 6.63. The van der Waals surface area contributed by atoms with Gasteiger partial charge in [-0.15, -0.1) is 0 Å². The summed E-state index contributed by atoms with van der Waals surface area (Å²) in [5.41, 5.74) is 2.11. The third kappa shape index (κ3) is 4.79. The molecule has 1 heterocycles. The molecule has 1 amide bonds. The maximum Gasteiger partial charge on any atom is 0.240 e. The molecular weight excluding hydrogens is 286 g/mol. The van der Waals surface area contributed by atoms with Crippen LogP contribution in [0.25, 0.3) is 0 Å². The Morgan fingerprint density at radius 2 is 1.91 bits per heavy atom. The number of nitrogens with one attached hydrogen (secondary N) is 2. The second kappa shape index (κ2) is 8.46. The largest absolute Gasteiger partial charge is 0.350 e. The van der Waals surface area contributed by atoms with E-state index in [1.807, 2.05) is 13.0 Å². The van der Waals surface area contributed by atoms with Gasteiger partial charge in [-0.05, 0) is 56.9 Å². The van der Waals surface area contributed by atoms with Gasteiger partial charge in [0.05, 0.1) is 5.54 Å². The van der Waals surface area contributed by atoms with Crippen LogP contribution in [0.15, 0.2) is 24.3 Å². The van der Waals surface area contributed by atoms with Crippen LogP contribution in [0.3, 0.4) is 0 Å². The van der Waals surface area contributed by atoms with E-state index in [0.29, 0.717) is 6.54 Å². The van der Waals surface area contributed by atoms with Crippen LogP contribution in [0.1, 0.15) is 51.2 Å². The molecule has 128 valence electrons. The molecule has 4 nitrogen and oxygen atoms in total. The molecule has 0 bridgehead atoms. The molecule has 0 aromatic heterocycles. The molecule has 23 heavy (non-hydrogen) atoms. The highest BCUT2D eigenvalue weighted by Gasteiger charge is 2.33. The lowest BCUT2D eigenvalue weighted by Gasteiger charge is -2.33. The van der Waals surface area contributed by atoms with E-state index in [0.717, 1.165) is 45.4 Å². The van der Waals surface area contributed by atoms with Gasteiger partial charge in [-0.2, -0.15) is 0 Å². The fourth-order valence-corrected chi connectivity index (χ4v) is 3.19. The summed E-state index contributed by atoms with van der Waals surface area (Å²) in [7, 11) is 0. The maximum absolute atomic E-state index is 12.6. The summed E-state index contributed by atoms with van der Waals surface area (Å²) in [6, 6.07) is 8.41. The Kier molecular flexibility index (Phi) is 6.60. The third-order valence-corrected chi connectivity index (χ3v) is 4.97. The minimum absolute atomic E-state index is 0.120. The van der Waals surface area contributed by atoms with Crippen LogP contribution in [0.4, 0.5) is 0 Å². The molecule has 1 unspecified atom stereocenters. The zero-order valence-electron chi connectivity index (χ0n) is 14.8. The summed E-state index contributed by atoms with van der Waals surface area (Å²) >= 11 is 0. The number of nitrogens with zero attached hydrogens (tertiary/aromatic N) is 1. The molecule has 0 aliphatic carbocycles. The molecule has 2 rings (SSSR count). The standard InChI is InChI=1S/C19H31N3O/c1-4-22(5-2)15-17-11-7-6-10-16(17)14-20-18(23)19(3)12-8-9-13-21-19/h6-7,10-11,21H,4-5,8-9,12-15H2,1-3H3,(H,20,23). The third-order valence-electron chi connectivity index (χ3n) is 4.97. The van der Waals surface area contributed by atoms with E-state index in [1.165, 1.54) is 11.1 Å². The number of carbonyl (C=O) groups excluding carboxylic acids is 1.